The first-order chi connectivity index (χ1) is 8.40. The lowest BCUT2D eigenvalue weighted by Crippen LogP contribution is -2.40. The van der Waals surface area contributed by atoms with E-state index in [0.29, 0.717) is 17.8 Å². The zero-order valence-corrected chi connectivity index (χ0v) is 11.8. The summed E-state index contributed by atoms with van der Waals surface area (Å²) in [5.41, 5.74) is 1.68. The number of hydrogen-bond donors (Lipinski definition) is 0. The highest BCUT2D eigenvalue weighted by atomic mass is 16.2. The van der Waals surface area contributed by atoms with Gasteiger partial charge in [0.15, 0.2) is 5.69 Å². The molecule has 2 heterocycles. The zero-order valence-electron chi connectivity index (χ0n) is 11.8. The molecule has 1 unspecified atom stereocenters. The maximum Gasteiger partial charge on any atom is 0.273 e. The first-order valence-electron chi connectivity index (χ1n) is 6.44. The first-order valence-corrected chi connectivity index (χ1v) is 6.44. The van der Waals surface area contributed by atoms with E-state index in [1.807, 2.05) is 10.7 Å². The number of amides is 1. The summed E-state index contributed by atoms with van der Waals surface area (Å²) >= 11 is 0. The van der Waals surface area contributed by atoms with E-state index in [9.17, 15) is 4.79 Å². The molecular formula is C13H22N4O. The van der Waals surface area contributed by atoms with Gasteiger partial charge < -0.3 is 4.90 Å². The normalized spacial score (nSPS) is 20.0. The lowest BCUT2D eigenvalue weighted by atomic mass is 10.1. The Morgan fingerprint density at radius 1 is 1.50 bits per heavy atom. The van der Waals surface area contributed by atoms with Gasteiger partial charge >= 0.3 is 0 Å². The van der Waals surface area contributed by atoms with E-state index in [-0.39, 0.29) is 5.91 Å². The Morgan fingerprint density at radius 3 is 2.72 bits per heavy atom. The van der Waals surface area contributed by atoms with E-state index in [1.165, 1.54) is 0 Å². The third-order valence-corrected chi connectivity index (χ3v) is 3.45. The predicted octanol–water partition coefficient (Wildman–Crippen LogP) is 1.37. The van der Waals surface area contributed by atoms with E-state index in [2.05, 4.69) is 30.8 Å². The Bertz CT molecular complexity index is 450. The van der Waals surface area contributed by atoms with Crippen molar-refractivity contribution in [3.05, 3.63) is 17.5 Å². The summed E-state index contributed by atoms with van der Waals surface area (Å²) in [6.45, 7) is 8.40. The van der Waals surface area contributed by atoms with Crippen molar-refractivity contribution in [2.45, 2.75) is 39.4 Å². The van der Waals surface area contributed by atoms with Crippen molar-refractivity contribution in [2.75, 3.05) is 20.6 Å². The Hall–Kier alpha value is -1.36. The Morgan fingerprint density at radius 2 is 2.17 bits per heavy atom. The summed E-state index contributed by atoms with van der Waals surface area (Å²) in [6, 6.07) is 2.76. The van der Waals surface area contributed by atoms with Crippen molar-refractivity contribution in [2.24, 2.45) is 0 Å². The molecule has 0 aliphatic carbocycles. The molecule has 5 heteroatoms. The molecule has 2 rings (SSSR count). The highest BCUT2D eigenvalue weighted by Crippen LogP contribution is 2.23. The maximum atomic E-state index is 11.9. The fourth-order valence-electron chi connectivity index (χ4n) is 2.35. The molecule has 0 aromatic carbocycles. The second kappa shape index (κ2) is 4.72. The molecule has 1 aromatic rings. The highest BCUT2D eigenvalue weighted by Gasteiger charge is 2.26. The second-order valence-corrected chi connectivity index (χ2v) is 5.54. The summed E-state index contributed by atoms with van der Waals surface area (Å²) in [6.07, 6.45) is 0. The summed E-state index contributed by atoms with van der Waals surface area (Å²) in [5, 5.41) is 4.45. The number of carbonyl (C=O) groups is 1. The molecule has 1 aliphatic heterocycles. The van der Waals surface area contributed by atoms with Crippen molar-refractivity contribution < 1.29 is 4.79 Å². The second-order valence-electron chi connectivity index (χ2n) is 5.54. The van der Waals surface area contributed by atoms with Crippen LogP contribution in [0, 0.1) is 0 Å². The topological polar surface area (TPSA) is 41.4 Å². The summed E-state index contributed by atoms with van der Waals surface area (Å²) in [4.78, 5) is 15.9. The van der Waals surface area contributed by atoms with E-state index >= 15 is 0 Å². The summed E-state index contributed by atoms with van der Waals surface area (Å²) in [7, 11) is 3.51. The number of aromatic nitrogens is 2. The maximum absolute atomic E-state index is 11.9. The van der Waals surface area contributed by atoms with Crippen LogP contribution >= 0.6 is 0 Å². The van der Waals surface area contributed by atoms with Gasteiger partial charge in [0.2, 0.25) is 0 Å². The Kier molecular flexibility index (Phi) is 3.43. The van der Waals surface area contributed by atoms with Crippen LogP contribution in [-0.4, -0.2) is 52.2 Å². The lowest BCUT2D eigenvalue weighted by molar-refractivity contribution is 0.0820. The fraction of sp³-hybridized carbons (Fsp3) is 0.692. The van der Waals surface area contributed by atoms with Crippen LogP contribution in [-0.2, 0) is 6.54 Å². The van der Waals surface area contributed by atoms with Gasteiger partial charge in [0.1, 0.15) is 0 Å². The SMILES string of the molecule is CC(C)N1Cc2cc(C(=O)N(C)C)nn2C(C)C1. The van der Waals surface area contributed by atoms with Gasteiger partial charge in [-0.1, -0.05) is 0 Å². The molecule has 1 atom stereocenters. The molecule has 0 fully saturated rings. The molecule has 100 valence electrons. The molecule has 0 saturated carbocycles. The number of nitrogens with zero attached hydrogens (tertiary/aromatic N) is 4. The van der Waals surface area contributed by atoms with Gasteiger partial charge in [-0.25, -0.2) is 0 Å². The van der Waals surface area contributed by atoms with Crippen LogP contribution in [0.2, 0.25) is 0 Å². The third-order valence-electron chi connectivity index (χ3n) is 3.45. The summed E-state index contributed by atoms with van der Waals surface area (Å²) in [5.74, 6) is -0.0276. The van der Waals surface area contributed by atoms with E-state index < -0.39 is 0 Å². The average Bonchev–Trinajstić information content (AvgIpc) is 2.71. The molecule has 0 N–H and O–H groups in total. The lowest BCUT2D eigenvalue weighted by Gasteiger charge is -2.34. The molecule has 1 amide bonds. The predicted molar refractivity (Wildman–Crippen MR) is 70.5 cm³/mol. The average molecular weight is 250 g/mol. The van der Waals surface area contributed by atoms with Crippen molar-refractivity contribution in [3.63, 3.8) is 0 Å². The molecule has 0 radical (unpaired) electrons. The molecule has 1 aliphatic rings. The Balaban J connectivity index is 2.29. The van der Waals surface area contributed by atoms with Crippen LogP contribution in [0.25, 0.3) is 0 Å². The van der Waals surface area contributed by atoms with Crippen molar-refractivity contribution in [1.29, 1.82) is 0 Å². The van der Waals surface area contributed by atoms with Crippen molar-refractivity contribution in [1.82, 2.24) is 19.6 Å². The van der Waals surface area contributed by atoms with Gasteiger partial charge in [-0.3, -0.25) is 14.4 Å². The molecule has 5 nitrogen and oxygen atoms in total. The highest BCUT2D eigenvalue weighted by molar-refractivity contribution is 5.92. The van der Waals surface area contributed by atoms with Crippen LogP contribution in [0.5, 0.6) is 0 Å². The Labute approximate surface area is 108 Å². The van der Waals surface area contributed by atoms with Crippen LogP contribution in [0.1, 0.15) is 43.0 Å². The fourth-order valence-corrected chi connectivity index (χ4v) is 2.35. The van der Waals surface area contributed by atoms with Gasteiger partial charge in [-0.05, 0) is 26.8 Å². The minimum Gasteiger partial charge on any atom is -0.343 e. The zero-order chi connectivity index (χ0) is 13.4. The van der Waals surface area contributed by atoms with E-state index in [1.54, 1.807) is 19.0 Å². The quantitative estimate of drug-likeness (QED) is 0.796. The van der Waals surface area contributed by atoms with Gasteiger partial charge in [0, 0.05) is 33.2 Å². The molecule has 18 heavy (non-hydrogen) atoms. The molecule has 1 aromatic heterocycles. The van der Waals surface area contributed by atoms with Gasteiger partial charge in [0.25, 0.3) is 5.91 Å². The number of rotatable bonds is 2. The molecule has 0 saturated heterocycles. The minimum atomic E-state index is -0.0276. The van der Waals surface area contributed by atoms with Crippen LogP contribution in [0.3, 0.4) is 0 Å². The van der Waals surface area contributed by atoms with Crippen molar-refractivity contribution >= 4 is 5.91 Å². The minimum absolute atomic E-state index is 0.0276. The van der Waals surface area contributed by atoms with E-state index in [0.717, 1.165) is 18.8 Å². The number of carbonyl (C=O) groups excluding carboxylic acids is 1. The largest absolute Gasteiger partial charge is 0.343 e. The van der Waals surface area contributed by atoms with E-state index in [4.69, 9.17) is 0 Å². The van der Waals surface area contributed by atoms with Crippen LogP contribution in [0.4, 0.5) is 0 Å². The van der Waals surface area contributed by atoms with Crippen LogP contribution < -0.4 is 0 Å². The number of fused-ring (bicyclic) bond motifs is 1. The van der Waals surface area contributed by atoms with Crippen LogP contribution in [0.15, 0.2) is 6.07 Å². The van der Waals surface area contributed by atoms with Crippen molar-refractivity contribution in [3.8, 4) is 0 Å². The molecule has 0 bridgehead atoms. The van der Waals surface area contributed by atoms with Gasteiger partial charge in [-0.15, -0.1) is 0 Å². The summed E-state index contributed by atoms with van der Waals surface area (Å²) < 4.78 is 2.00. The number of hydrogen-bond acceptors (Lipinski definition) is 3. The van der Waals surface area contributed by atoms with Gasteiger partial charge in [-0.2, -0.15) is 5.10 Å². The van der Waals surface area contributed by atoms with Gasteiger partial charge in [0.05, 0.1) is 11.7 Å². The first kappa shape index (κ1) is 13.1. The molecule has 0 spiro atoms. The smallest absolute Gasteiger partial charge is 0.273 e. The third kappa shape index (κ3) is 2.27. The monoisotopic (exact) mass is 250 g/mol. The standard InChI is InChI=1S/C13H22N4O/c1-9(2)16-7-10(3)17-11(8-16)6-12(14-17)13(18)15(4)5/h6,9-10H,7-8H2,1-5H3. The molecular weight excluding hydrogens is 228 g/mol.